The molecule has 1 aliphatic carbocycles. The zero-order chi connectivity index (χ0) is 11.0. The number of fused-ring (bicyclic) bond motifs is 1. The number of thiophene rings is 2. The SMILES string of the molecule is NC(c1ccsc1)C1CCCc2sccc21. The summed E-state index contributed by atoms with van der Waals surface area (Å²) in [4.78, 5) is 1.56. The van der Waals surface area contributed by atoms with Crippen molar-refractivity contribution in [3.05, 3.63) is 44.3 Å². The van der Waals surface area contributed by atoms with Crippen LogP contribution in [0.25, 0.3) is 0 Å². The van der Waals surface area contributed by atoms with Gasteiger partial charge in [-0.05, 0) is 58.7 Å². The van der Waals surface area contributed by atoms with Crippen molar-refractivity contribution in [3.63, 3.8) is 0 Å². The van der Waals surface area contributed by atoms with Crippen LogP contribution in [-0.4, -0.2) is 0 Å². The van der Waals surface area contributed by atoms with E-state index in [9.17, 15) is 0 Å². The smallest absolute Gasteiger partial charge is 0.0373 e. The highest BCUT2D eigenvalue weighted by Gasteiger charge is 2.27. The molecule has 0 saturated heterocycles. The molecule has 0 radical (unpaired) electrons. The Morgan fingerprint density at radius 2 is 2.25 bits per heavy atom. The lowest BCUT2D eigenvalue weighted by atomic mass is 9.81. The van der Waals surface area contributed by atoms with Crippen LogP contribution in [-0.2, 0) is 6.42 Å². The van der Waals surface area contributed by atoms with E-state index in [1.54, 1.807) is 16.2 Å². The van der Waals surface area contributed by atoms with Gasteiger partial charge in [0.1, 0.15) is 0 Å². The molecule has 0 amide bonds. The van der Waals surface area contributed by atoms with Crippen LogP contribution >= 0.6 is 22.7 Å². The van der Waals surface area contributed by atoms with E-state index < -0.39 is 0 Å². The van der Waals surface area contributed by atoms with Crippen LogP contribution in [0.5, 0.6) is 0 Å². The number of hydrogen-bond donors (Lipinski definition) is 1. The standard InChI is InChI=1S/C13H15NS2/c14-13(9-4-6-15-8-9)11-2-1-3-12-10(11)5-7-16-12/h4-8,11,13H,1-3,14H2. The fourth-order valence-corrected chi connectivity index (χ4v) is 4.30. The van der Waals surface area contributed by atoms with E-state index in [1.165, 1.54) is 30.4 Å². The molecule has 0 fully saturated rings. The number of rotatable bonds is 2. The predicted octanol–water partition coefficient (Wildman–Crippen LogP) is 3.93. The van der Waals surface area contributed by atoms with Gasteiger partial charge in [-0.25, -0.2) is 0 Å². The second-order valence-electron chi connectivity index (χ2n) is 4.38. The fraction of sp³-hybridized carbons (Fsp3) is 0.385. The molecule has 2 aromatic heterocycles. The van der Waals surface area contributed by atoms with E-state index in [1.807, 2.05) is 11.3 Å². The van der Waals surface area contributed by atoms with Crippen molar-refractivity contribution < 1.29 is 0 Å². The minimum absolute atomic E-state index is 0.180. The topological polar surface area (TPSA) is 26.0 Å². The third-order valence-corrected chi connectivity index (χ3v) is 5.16. The first-order chi connectivity index (χ1) is 7.86. The van der Waals surface area contributed by atoms with Gasteiger partial charge in [0, 0.05) is 16.8 Å². The molecule has 0 aromatic carbocycles. The number of aryl methyl sites for hydroxylation is 1. The maximum atomic E-state index is 6.40. The van der Waals surface area contributed by atoms with Crippen LogP contribution in [0, 0.1) is 0 Å². The lowest BCUT2D eigenvalue weighted by Crippen LogP contribution is -2.22. The maximum Gasteiger partial charge on any atom is 0.0373 e. The van der Waals surface area contributed by atoms with Crippen molar-refractivity contribution in [2.75, 3.05) is 0 Å². The number of hydrogen-bond acceptors (Lipinski definition) is 3. The molecule has 0 spiro atoms. The van der Waals surface area contributed by atoms with Gasteiger partial charge in [-0.15, -0.1) is 11.3 Å². The van der Waals surface area contributed by atoms with Crippen molar-refractivity contribution in [1.29, 1.82) is 0 Å². The Labute approximate surface area is 104 Å². The normalized spacial score (nSPS) is 21.7. The first kappa shape index (κ1) is 10.5. The molecule has 2 aromatic rings. The Morgan fingerprint density at radius 1 is 1.31 bits per heavy atom. The van der Waals surface area contributed by atoms with E-state index in [0.29, 0.717) is 5.92 Å². The van der Waals surface area contributed by atoms with Gasteiger partial charge in [-0.2, -0.15) is 11.3 Å². The molecule has 1 nitrogen and oxygen atoms in total. The molecular formula is C13H15NS2. The second kappa shape index (κ2) is 4.32. The molecule has 0 bridgehead atoms. The molecule has 3 rings (SSSR count). The fourth-order valence-electron chi connectivity index (χ4n) is 2.59. The summed E-state index contributed by atoms with van der Waals surface area (Å²) in [5.41, 5.74) is 9.21. The summed E-state index contributed by atoms with van der Waals surface area (Å²) >= 11 is 3.63. The Morgan fingerprint density at radius 3 is 3.06 bits per heavy atom. The van der Waals surface area contributed by atoms with Crippen molar-refractivity contribution in [3.8, 4) is 0 Å². The van der Waals surface area contributed by atoms with Crippen LogP contribution in [0.3, 0.4) is 0 Å². The van der Waals surface area contributed by atoms with Crippen LogP contribution in [0.15, 0.2) is 28.3 Å². The Balaban J connectivity index is 1.92. The minimum Gasteiger partial charge on any atom is -0.323 e. The van der Waals surface area contributed by atoms with Crippen LogP contribution < -0.4 is 5.73 Å². The molecule has 2 atom stereocenters. The monoisotopic (exact) mass is 249 g/mol. The van der Waals surface area contributed by atoms with Gasteiger partial charge in [0.25, 0.3) is 0 Å². The highest BCUT2D eigenvalue weighted by Crippen LogP contribution is 2.41. The van der Waals surface area contributed by atoms with Crippen molar-refractivity contribution >= 4 is 22.7 Å². The van der Waals surface area contributed by atoms with E-state index in [0.717, 1.165) is 0 Å². The zero-order valence-electron chi connectivity index (χ0n) is 9.06. The predicted molar refractivity (Wildman–Crippen MR) is 71.2 cm³/mol. The Hall–Kier alpha value is -0.640. The van der Waals surface area contributed by atoms with Gasteiger partial charge in [0.15, 0.2) is 0 Å². The summed E-state index contributed by atoms with van der Waals surface area (Å²) in [6, 6.07) is 4.62. The average Bonchev–Trinajstić information content (AvgIpc) is 2.98. The molecule has 3 heteroatoms. The number of nitrogens with two attached hydrogens (primary N) is 1. The van der Waals surface area contributed by atoms with E-state index in [-0.39, 0.29) is 6.04 Å². The van der Waals surface area contributed by atoms with Crippen LogP contribution in [0.2, 0.25) is 0 Å². The van der Waals surface area contributed by atoms with Gasteiger partial charge < -0.3 is 5.73 Å². The minimum atomic E-state index is 0.180. The zero-order valence-corrected chi connectivity index (χ0v) is 10.7. The summed E-state index contributed by atoms with van der Waals surface area (Å²) < 4.78 is 0. The summed E-state index contributed by atoms with van der Waals surface area (Å²) in [6.45, 7) is 0. The highest BCUT2D eigenvalue weighted by atomic mass is 32.1. The molecule has 1 aliphatic rings. The highest BCUT2D eigenvalue weighted by molar-refractivity contribution is 7.10. The summed E-state index contributed by atoms with van der Waals surface area (Å²) in [5, 5.41) is 6.52. The molecule has 84 valence electrons. The second-order valence-corrected chi connectivity index (χ2v) is 6.16. The summed E-state index contributed by atoms with van der Waals surface area (Å²) in [6.07, 6.45) is 3.77. The Kier molecular flexibility index (Phi) is 2.84. The molecule has 0 saturated carbocycles. The maximum absolute atomic E-state index is 6.40. The molecule has 0 aliphatic heterocycles. The molecule has 2 N–H and O–H groups in total. The van der Waals surface area contributed by atoms with Gasteiger partial charge in [0.05, 0.1) is 0 Å². The van der Waals surface area contributed by atoms with Gasteiger partial charge >= 0.3 is 0 Å². The lowest BCUT2D eigenvalue weighted by Gasteiger charge is -2.27. The Bertz CT molecular complexity index is 458. The largest absolute Gasteiger partial charge is 0.323 e. The van der Waals surface area contributed by atoms with Gasteiger partial charge in [0.2, 0.25) is 0 Å². The average molecular weight is 249 g/mol. The van der Waals surface area contributed by atoms with Gasteiger partial charge in [-0.1, -0.05) is 0 Å². The summed E-state index contributed by atoms with van der Waals surface area (Å²) in [7, 11) is 0. The van der Waals surface area contributed by atoms with E-state index >= 15 is 0 Å². The lowest BCUT2D eigenvalue weighted by molar-refractivity contribution is 0.480. The first-order valence-corrected chi connectivity index (χ1v) is 7.52. The van der Waals surface area contributed by atoms with Crippen molar-refractivity contribution in [1.82, 2.24) is 0 Å². The summed E-state index contributed by atoms with van der Waals surface area (Å²) in [5.74, 6) is 0.532. The van der Waals surface area contributed by atoms with Crippen molar-refractivity contribution in [2.45, 2.75) is 31.2 Å². The van der Waals surface area contributed by atoms with Gasteiger partial charge in [-0.3, -0.25) is 0 Å². The quantitative estimate of drug-likeness (QED) is 0.857. The van der Waals surface area contributed by atoms with Crippen LogP contribution in [0.1, 0.15) is 40.8 Å². The molecular weight excluding hydrogens is 234 g/mol. The third-order valence-electron chi connectivity index (χ3n) is 3.46. The first-order valence-electron chi connectivity index (χ1n) is 5.70. The van der Waals surface area contributed by atoms with Crippen molar-refractivity contribution in [2.24, 2.45) is 5.73 Å². The molecule has 16 heavy (non-hydrogen) atoms. The van der Waals surface area contributed by atoms with E-state index in [4.69, 9.17) is 5.73 Å². The van der Waals surface area contributed by atoms with Crippen LogP contribution in [0.4, 0.5) is 0 Å². The van der Waals surface area contributed by atoms with E-state index in [2.05, 4.69) is 28.3 Å². The third kappa shape index (κ3) is 1.73. The molecule has 2 unspecified atom stereocenters. The molecule has 2 heterocycles.